The summed E-state index contributed by atoms with van der Waals surface area (Å²) in [7, 11) is 3.83. The van der Waals surface area contributed by atoms with Crippen LogP contribution in [0.15, 0.2) is 24.3 Å². The van der Waals surface area contributed by atoms with Gasteiger partial charge in [0.15, 0.2) is 0 Å². The second kappa shape index (κ2) is 8.51. The van der Waals surface area contributed by atoms with E-state index in [2.05, 4.69) is 4.72 Å². The van der Waals surface area contributed by atoms with Crippen LogP contribution in [0.4, 0.5) is 4.39 Å². The first kappa shape index (κ1) is 17.4. The highest BCUT2D eigenvalue weighted by Gasteiger charge is 2.25. The molecular formula is C14H25FN2S. The number of alkyl halides is 1. The Morgan fingerprint density at radius 1 is 1.22 bits per heavy atom. The zero-order valence-corrected chi connectivity index (χ0v) is 13.1. The molecule has 0 aliphatic rings. The van der Waals surface area contributed by atoms with Crippen molar-refractivity contribution >= 4 is 12.1 Å². The second-order valence-electron chi connectivity index (χ2n) is 4.29. The molecule has 0 aliphatic carbocycles. The predicted octanol–water partition coefficient (Wildman–Crippen LogP) is 3.92. The van der Waals surface area contributed by atoms with Gasteiger partial charge in [0.05, 0.1) is 0 Å². The molecule has 1 unspecified atom stereocenters. The standard InChI is InChI=1S/C12H19FN2S.C2H6/c1-10-5-7-11(8-6-10)12(2,13)9-14-16-15(3)4;1-2/h5-8,14H,9H2,1-4H3;1-2H3. The minimum atomic E-state index is -1.34. The fourth-order valence-corrected chi connectivity index (χ4v) is 1.89. The number of hydrogen-bond donors (Lipinski definition) is 1. The quantitative estimate of drug-likeness (QED) is 0.818. The van der Waals surface area contributed by atoms with Crippen molar-refractivity contribution in [2.75, 3.05) is 20.6 Å². The van der Waals surface area contributed by atoms with Crippen LogP contribution in [-0.4, -0.2) is 24.9 Å². The maximum atomic E-state index is 14.3. The van der Waals surface area contributed by atoms with Gasteiger partial charge in [0.2, 0.25) is 0 Å². The number of rotatable bonds is 5. The highest BCUT2D eigenvalue weighted by atomic mass is 32.2. The lowest BCUT2D eigenvalue weighted by Gasteiger charge is -2.22. The predicted molar refractivity (Wildman–Crippen MR) is 80.3 cm³/mol. The molecule has 0 fully saturated rings. The van der Waals surface area contributed by atoms with Gasteiger partial charge >= 0.3 is 0 Å². The van der Waals surface area contributed by atoms with Crippen LogP contribution in [0, 0.1) is 6.92 Å². The maximum Gasteiger partial charge on any atom is 0.146 e. The number of aryl methyl sites for hydroxylation is 1. The van der Waals surface area contributed by atoms with E-state index < -0.39 is 5.67 Å². The Labute approximate surface area is 115 Å². The zero-order chi connectivity index (χ0) is 14.2. The van der Waals surface area contributed by atoms with E-state index in [1.807, 2.05) is 63.4 Å². The lowest BCUT2D eigenvalue weighted by Crippen LogP contribution is -2.29. The molecule has 1 atom stereocenters. The first-order valence-electron chi connectivity index (χ1n) is 6.25. The molecule has 2 nitrogen and oxygen atoms in total. The van der Waals surface area contributed by atoms with E-state index in [1.165, 1.54) is 12.1 Å². The minimum Gasteiger partial charge on any atom is -0.247 e. The van der Waals surface area contributed by atoms with E-state index in [0.29, 0.717) is 12.1 Å². The summed E-state index contributed by atoms with van der Waals surface area (Å²) < 4.78 is 19.2. The highest BCUT2D eigenvalue weighted by molar-refractivity contribution is 7.95. The van der Waals surface area contributed by atoms with Crippen molar-refractivity contribution in [1.82, 2.24) is 9.03 Å². The molecule has 0 amide bonds. The zero-order valence-electron chi connectivity index (χ0n) is 12.2. The van der Waals surface area contributed by atoms with Crippen LogP contribution in [0.5, 0.6) is 0 Å². The largest absolute Gasteiger partial charge is 0.247 e. The molecule has 1 rings (SSSR count). The summed E-state index contributed by atoms with van der Waals surface area (Å²) in [6, 6.07) is 7.56. The fourth-order valence-electron chi connectivity index (χ4n) is 1.30. The monoisotopic (exact) mass is 272 g/mol. The normalized spacial score (nSPS) is 13.8. The van der Waals surface area contributed by atoms with E-state index in [9.17, 15) is 4.39 Å². The van der Waals surface area contributed by atoms with Crippen LogP contribution in [0.1, 0.15) is 31.9 Å². The summed E-state index contributed by atoms with van der Waals surface area (Å²) in [6.45, 7) is 7.89. The van der Waals surface area contributed by atoms with Crippen LogP contribution >= 0.6 is 12.1 Å². The van der Waals surface area contributed by atoms with Crippen LogP contribution in [-0.2, 0) is 5.67 Å². The molecule has 104 valence electrons. The molecular weight excluding hydrogens is 247 g/mol. The Morgan fingerprint density at radius 3 is 2.17 bits per heavy atom. The average molecular weight is 272 g/mol. The number of nitrogens with zero attached hydrogens (tertiary/aromatic N) is 1. The molecule has 0 saturated carbocycles. The van der Waals surface area contributed by atoms with Crippen molar-refractivity contribution in [2.24, 2.45) is 0 Å². The highest BCUT2D eigenvalue weighted by Crippen LogP contribution is 2.25. The Morgan fingerprint density at radius 2 is 1.72 bits per heavy atom. The Bertz CT molecular complexity index is 323. The van der Waals surface area contributed by atoms with Crippen LogP contribution < -0.4 is 4.72 Å². The van der Waals surface area contributed by atoms with Gasteiger partial charge in [-0.25, -0.2) is 13.4 Å². The van der Waals surface area contributed by atoms with Crippen LogP contribution in [0.25, 0.3) is 0 Å². The van der Waals surface area contributed by atoms with E-state index in [0.717, 1.165) is 5.56 Å². The second-order valence-corrected chi connectivity index (χ2v) is 5.49. The molecule has 0 aliphatic heterocycles. The average Bonchev–Trinajstić information content (AvgIpc) is 2.31. The van der Waals surface area contributed by atoms with Gasteiger partial charge in [-0.05, 0) is 33.5 Å². The molecule has 0 bridgehead atoms. The smallest absolute Gasteiger partial charge is 0.146 e. The van der Waals surface area contributed by atoms with Crippen molar-refractivity contribution in [3.8, 4) is 0 Å². The van der Waals surface area contributed by atoms with Crippen molar-refractivity contribution in [2.45, 2.75) is 33.4 Å². The SMILES string of the molecule is CC.Cc1ccc(C(C)(F)CNSN(C)C)cc1. The fraction of sp³-hybridized carbons (Fsp3) is 0.571. The van der Waals surface area contributed by atoms with Gasteiger partial charge in [0.25, 0.3) is 0 Å². The third kappa shape index (κ3) is 6.38. The molecule has 0 radical (unpaired) electrons. The van der Waals surface area contributed by atoms with Crippen LogP contribution in [0.3, 0.4) is 0 Å². The van der Waals surface area contributed by atoms with Crippen molar-refractivity contribution in [3.05, 3.63) is 35.4 Å². The van der Waals surface area contributed by atoms with E-state index in [-0.39, 0.29) is 0 Å². The van der Waals surface area contributed by atoms with Gasteiger partial charge in [-0.1, -0.05) is 43.7 Å². The molecule has 18 heavy (non-hydrogen) atoms. The third-order valence-corrected chi connectivity index (χ3v) is 2.94. The summed E-state index contributed by atoms with van der Waals surface area (Å²) in [5, 5.41) is 0. The Balaban J connectivity index is 0.00000137. The van der Waals surface area contributed by atoms with Gasteiger partial charge in [-0.2, -0.15) is 0 Å². The van der Waals surface area contributed by atoms with Gasteiger partial charge in [-0.15, -0.1) is 0 Å². The number of hydrogen-bond acceptors (Lipinski definition) is 3. The summed E-state index contributed by atoms with van der Waals surface area (Å²) in [4.78, 5) is 0. The van der Waals surface area contributed by atoms with Gasteiger partial charge in [0.1, 0.15) is 5.67 Å². The molecule has 0 spiro atoms. The maximum absolute atomic E-state index is 14.3. The molecule has 1 aromatic rings. The Kier molecular flexibility index (Phi) is 8.24. The van der Waals surface area contributed by atoms with E-state index >= 15 is 0 Å². The van der Waals surface area contributed by atoms with Gasteiger partial charge in [-0.3, -0.25) is 0 Å². The first-order chi connectivity index (χ1) is 8.42. The van der Waals surface area contributed by atoms with Crippen molar-refractivity contribution < 1.29 is 4.39 Å². The summed E-state index contributed by atoms with van der Waals surface area (Å²) >= 11 is 1.40. The molecule has 1 N–H and O–H groups in total. The summed E-state index contributed by atoms with van der Waals surface area (Å²) in [5.74, 6) is 0. The Hall–Kier alpha value is -0.580. The molecule has 1 aromatic carbocycles. The number of halogens is 1. The summed E-state index contributed by atoms with van der Waals surface area (Å²) in [5.41, 5.74) is 0.525. The van der Waals surface area contributed by atoms with E-state index in [4.69, 9.17) is 0 Å². The van der Waals surface area contributed by atoms with Crippen LogP contribution in [0.2, 0.25) is 0 Å². The molecule has 0 aromatic heterocycles. The third-order valence-electron chi connectivity index (χ3n) is 2.30. The molecule has 0 heterocycles. The van der Waals surface area contributed by atoms with Crippen molar-refractivity contribution in [3.63, 3.8) is 0 Å². The van der Waals surface area contributed by atoms with Crippen molar-refractivity contribution in [1.29, 1.82) is 0 Å². The minimum absolute atomic E-state index is 0.291. The topological polar surface area (TPSA) is 15.3 Å². The van der Waals surface area contributed by atoms with Gasteiger partial charge in [0, 0.05) is 18.7 Å². The van der Waals surface area contributed by atoms with E-state index in [1.54, 1.807) is 6.92 Å². The lowest BCUT2D eigenvalue weighted by molar-refractivity contribution is 0.198. The lowest BCUT2D eigenvalue weighted by atomic mass is 9.97. The van der Waals surface area contributed by atoms with Gasteiger partial charge < -0.3 is 0 Å². The molecule has 4 heteroatoms. The first-order valence-corrected chi connectivity index (χ1v) is 7.02. The summed E-state index contributed by atoms with van der Waals surface area (Å²) in [6.07, 6.45) is 0. The number of benzene rings is 1. The number of nitrogens with one attached hydrogen (secondary N) is 1. The molecule has 0 saturated heterocycles.